The van der Waals surface area contributed by atoms with E-state index in [0.29, 0.717) is 12.3 Å². The summed E-state index contributed by atoms with van der Waals surface area (Å²) in [5, 5.41) is 15.2. The molecule has 0 aromatic rings. The van der Waals surface area contributed by atoms with Crippen LogP contribution >= 0.6 is 0 Å². The van der Waals surface area contributed by atoms with E-state index >= 15 is 0 Å². The molecule has 3 aliphatic rings. The Hall–Kier alpha value is -1.59. The van der Waals surface area contributed by atoms with E-state index in [2.05, 4.69) is 10.6 Å². The van der Waals surface area contributed by atoms with Gasteiger partial charge in [-0.05, 0) is 50.9 Å². The fraction of sp³-hybridized carbons (Fsp3) is 0.842. The molecular formula is C19H30N2O4. The van der Waals surface area contributed by atoms with Gasteiger partial charge in [0.1, 0.15) is 6.04 Å². The van der Waals surface area contributed by atoms with E-state index in [-0.39, 0.29) is 29.7 Å². The molecular weight excluding hydrogens is 320 g/mol. The molecule has 6 nitrogen and oxygen atoms in total. The number of hydrogen-bond acceptors (Lipinski definition) is 3. The minimum Gasteiger partial charge on any atom is -0.480 e. The molecule has 2 amide bonds. The lowest BCUT2D eigenvalue weighted by atomic mass is 9.85. The lowest BCUT2D eigenvalue weighted by Gasteiger charge is -2.30. The van der Waals surface area contributed by atoms with Crippen LogP contribution in [0.15, 0.2) is 0 Å². The van der Waals surface area contributed by atoms with Crippen molar-refractivity contribution < 1.29 is 19.5 Å². The molecule has 0 bridgehead atoms. The maximum atomic E-state index is 12.4. The van der Waals surface area contributed by atoms with E-state index in [1.54, 1.807) is 0 Å². The zero-order chi connectivity index (χ0) is 17.8. The summed E-state index contributed by atoms with van der Waals surface area (Å²) in [7, 11) is 0. The van der Waals surface area contributed by atoms with Gasteiger partial charge in [0.2, 0.25) is 11.8 Å². The third-order valence-corrected chi connectivity index (χ3v) is 6.05. The first-order valence-electron chi connectivity index (χ1n) is 9.86. The second-order valence-electron chi connectivity index (χ2n) is 8.12. The molecule has 1 unspecified atom stereocenters. The molecule has 25 heavy (non-hydrogen) atoms. The van der Waals surface area contributed by atoms with E-state index in [9.17, 15) is 19.5 Å². The number of aliphatic carboxylic acids is 1. The Morgan fingerprint density at radius 3 is 2.00 bits per heavy atom. The number of carbonyl (C=O) groups excluding carboxylic acids is 2. The van der Waals surface area contributed by atoms with Gasteiger partial charge >= 0.3 is 5.97 Å². The number of hydrogen-bond donors (Lipinski definition) is 3. The third-order valence-electron chi connectivity index (χ3n) is 6.05. The second-order valence-corrected chi connectivity index (χ2v) is 8.12. The molecule has 1 atom stereocenters. The van der Waals surface area contributed by atoms with Crippen molar-refractivity contribution in [1.82, 2.24) is 10.6 Å². The Kier molecular flexibility index (Phi) is 5.97. The largest absolute Gasteiger partial charge is 0.480 e. The molecule has 0 heterocycles. The van der Waals surface area contributed by atoms with E-state index in [1.165, 1.54) is 0 Å². The monoisotopic (exact) mass is 350 g/mol. The number of carboxylic acids is 1. The molecule has 3 rings (SSSR count). The van der Waals surface area contributed by atoms with Crippen LogP contribution in [0.5, 0.6) is 0 Å². The smallest absolute Gasteiger partial charge is 0.326 e. The van der Waals surface area contributed by atoms with Crippen LogP contribution in [-0.4, -0.2) is 35.0 Å². The normalized spacial score (nSPS) is 28.3. The summed E-state index contributed by atoms with van der Waals surface area (Å²) in [5.41, 5.74) is 0. The molecule has 3 N–H and O–H groups in total. The van der Waals surface area contributed by atoms with Gasteiger partial charge < -0.3 is 15.7 Å². The van der Waals surface area contributed by atoms with Crippen molar-refractivity contribution in [2.45, 2.75) is 82.7 Å². The zero-order valence-corrected chi connectivity index (χ0v) is 14.8. The predicted molar refractivity (Wildman–Crippen MR) is 92.8 cm³/mol. The highest BCUT2D eigenvalue weighted by Gasteiger charge is 2.34. The van der Waals surface area contributed by atoms with Crippen molar-refractivity contribution in [1.29, 1.82) is 0 Å². The molecule has 0 aliphatic heterocycles. The van der Waals surface area contributed by atoms with Gasteiger partial charge in [-0.15, -0.1) is 0 Å². The SMILES string of the molecule is O=C(NC1CCC(C(=O)NC(CC2CC2)C(=O)O)CC1)C1CCCC1. The van der Waals surface area contributed by atoms with Gasteiger partial charge in [0.25, 0.3) is 0 Å². The lowest BCUT2D eigenvalue weighted by molar-refractivity contribution is -0.143. The van der Waals surface area contributed by atoms with Crippen molar-refractivity contribution >= 4 is 17.8 Å². The molecule has 6 heteroatoms. The van der Waals surface area contributed by atoms with E-state index in [1.807, 2.05) is 0 Å². The Morgan fingerprint density at radius 2 is 1.44 bits per heavy atom. The van der Waals surface area contributed by atoms with Gasteiger partial charge in [-0.1, -0.05) is 25.7 Å². The minimum atomic E-state index is -0.933. The Bertz CT molecular complexity index is 504. The Morgan fingerprint density at radius 1 is 0.840 bits per heavy atom. The number of rotatable bonds is 7. The van der Waals surface area contributed by atoms with Crippen LogP contribution in [0.25, 0.3) is 0 Å². The second kappa shape index (κ2) is 8.19. The van der Waals surface area contributed by atoms with Crippen LogP contribution in [0.2, 0.25) is 0 Å². The topological polar surface area (TPSA) is 95.5 Å². The summed E-state index contributed by atoms with van der Waals surface area (Å²) in [5.74, 6) is -0.365. The van der Waals surface area contributed by atoms with E-state index < -0.39 is 12.0 Å². The molecule has 3 fully saturated rings. The fourth-order valence-corrected chi connectivity index (χ4v) is 4.20. The van der Waals surface area contributed by atoms with Gasteiger partial charge in [-0.2, -0.15) is 0 Å². The van der Waals surface area contributed by atoms with Gasteiger partial charge in [0.05, 0.1) is 0 Å². The number of nitrogens with one attached hydrogen (secondary N) is 2. The minimum absolute atomic E-state index is 0.124. The average molecular weight is 350 g/mol. The molecule has 0 radical (unpaired) electrons. The van der Waals surface area contributed by atoms with E-state index in [0.717, 1.165) is 64.2 Å². The van der Waals surface area contributed by atoms with Crippen LogP contribution in [0.4, 0.5) is 0 Å². The first-order valence-corrected chi connectivity index (χ1v) is 9.86. The van der Waals surface area contributed by atoms with Gasteiger partial charge in [-0.3, -0.25) is 9.59 Å². The van der Waals surface area contributed by atoms with Gasteiger partial charge in [0.15, 0.2) is 0 Å². The van der Waals surface area contributed by atoms with Gasteiger partial charge in [-0.25, -0.2) is 4.79 Å². The Labute approximate surface area is 149 Å². The van der Waals surface area contributed by atoms with Crippen LogP contribution in [0.1, 0.15) is 70.6 Å². The van der Waals surface area contributed by atoms with Crippen LogP contribution in [0, 0.1) is 17.8 Å². The fourth-order valence-electron chi connectivity index (χ4n) is 4.20. The number of carboxylic acid groups (broad SMARTS) is 1. The summed E-state index contributed by atoms with van der Waals surface area (Å²) in [4.78, 5) is 35.9. The molecule has 0 spiro atoms. The highest BCUT2D eigenvalue weighted by molar-refractivity contribution is 5.85. The summed E-state index contributed by atoms with van der Waals surface area (Å²) in [6, 6.07) is -0.585. The van der Waals surface area contributed by atoms with Gasteiger partial charge in [0, 0.05) is 17.9 Å². The maximum Gasteiger partial charge on any atom is 0.326 e. The number of carbonyl (C=O) groups is 3. The molecule has 3 saturated carbocycles. The van der Waals surface area contributed by atoms with Crippen molar-refractivity contribution in [3.63, 3.8) is 0 Å². The highest BCUT2D eigenvalue weighted by atomic mass is 16.4. The summed E-state index contributed by atoms with van der Waals surface area (Å²) >= 11 is 0. The first kappa shape index (κ1) is 18.2. The zero-order valence-electron chi connectivity index (χ0n) is 14.8. The van der Waals surface area contributed by atoms with Crippen molar-refractivity contribution in [3.8, 4) is 0 Å². The predicted octanol–water partition coefficient (Wildman–Crippen LogP) is 2.22. The highest BCUT2D eigenvalue weighted by Crippen LogP contribution is 2.34. The molecule has 0 aromatic heterocycles. The van der Waals surface area contributed by atoms with Crippen LogP contribution < -0.4 is 10.6 Å². The van der Waals surface area contributed by atoms with Crippen LogP contribution in [-0.2, 0) is 14.4 Å². The lowest BCUT2D eigenvalue weighted by Crippen LogP contribution is -2.46. The summed E-state index contributed by atoms with van der Waals surface area (Å²) < 4.78 is 0. The van der Waals surface area contributed by atoms with Crippen LogP contribution in [0.3, 0.4) is 0 Å². The quantitative estimate of drug-likeness (QED) is 0.656. The average Bonchev–Trinajstić information content (AvgIpc) is 3.23. The van der Waals surface area contributed by atoms with E-state index in [4.69, 9.17) is 0 Å². The first-order chi connectivity index (χ1) is 12.0. The molecule has 3 aliphatic carbocycles. The molecule has 140 valence electrons. The summed E-state index contributed by atoms with van der Waals surface area (Å²) in [6.07, 6.45) is 10.0. The molecule has 0 aromatic carbocycles. The maximum absolute atomic E-state index is 12.4. The molecule has 0 saturated heterocycles. The van der Waals surface area contributed by atoms with Crippen molar-refractivity contribution in [2.75, 3.05) is 0 Å². The number of amides is 2. The Balaban J connectivity index is 1.40. The van der Waals surface area contributed by atoms with Crippen molar-refractivity contribution in [2.24, 2.45) is 17.8 Å². The standard InChI is InChI=1S/C19H30N2O4/c22-17(13-3-1-2-4-13)20-15-9-7-14(8-10-15)18(23)21-16(19(24)25)11-12-5-6-12/h12-16H,1-11H2,(H,20,22)(H,21,23)(H,24,25). The van der Waals surface area contributed by atoms with Crippen molar-refractivity contribution in [3.05, 3.63) is 0 Å². The third kappa shape index (κ3) is 5.19. The summed E-state index contributed by atoms with van der Waals surface area (Å²) in [6.45, 7) is 0.